The maximum absolute atomic E-state index is 12.8. The molecule has 0 heterocycles. The summed E-state index contributed by atoms with van der Waals surface area (Å²) in [7, 11) is -9.84. The highest BCUT2D eigenvalue weighted by Crippen LogP contribution is 3.02. The van der Waals surface area contributed by atoms with Gasteiger partial charge in [0.2, 0.25) is 11.7 Å². The van der Waals surface area contributed by atoms with Crippen molar-refractivity contribution in [3.05, 3.63) is 48.0 Å². The van der Waals surface area contributed by atoms with Crippen LogP contribution >= 0.6 is 10.2 Å². The molecule has 0 aromatic heterocycles. The van der Waals surface area contributed by atoms with E-state index in [1.54, 1.807) is 0 Å². The predicted octanol–water partition coefficient (Wildman–Crippen LogP) is 5.77. The Morgan fingerprint density at radius 3 is 1.63 bits per heavy atom. The standard InChI is InChI=1S/C21H18F5NO7S/c1-12(28)32-18-10-15(11-19(33-13(2)29)21(18)34-14(3)30)4-9-20(31)27-16-5-7-17(8-6-16)35(22,23,24,25)26/h4-11H,1-3H3,(H,27,31)/b9-4+. The molecule has 2 aromatic carbocycles. The normalized spacial score (nSPS) is 13.4. The van der Waals surface area contributed by atoms with Crippen LogP contribution in [-0.2, 0) is 19.2 Å². The first-order valence-electron chi connectivity index (χ1n) is 9.40. The lowest BCUT2D eigenvalue weighted by atomic mass is 10.1. The van der Waals surface area contributed by atoms with Crippen LogP contribution in [0.3, 0.4) is 0 Å². The molecule has 0 spiro atoms. The third-order valence-corrected chi connectivity index (χ3v) is 4.95. The zero-order valence-electron chi connectivity index (χ0n) is 18.3. The van der Waals surface area contributed by atoms with E-state index in [-0.39, 0.29) is 40.6 Å². The molecular weight excluding hydrogens is 505 g/mol. The van der Waals surface area contributed by atoms with Crippen molar-refractivity contribution >= 4 is 45.8 Å². The zero-order valence-corrected chi connectivity index (χ0v) is 19.1. The number of anilines is 1. The number of amides is 1. The molecule has 0 unspecified atom stereocenters. The molecule has 190 valence electrons. The van der Waals surface area contributed by atoms with E-state index in [0.29, 0.717) is 12.1 Å². The van der Waals surface area contributed by atoms with Crippen molar-refractivity contribution in [3.8, 4) is 17.2 Å². The van der Waals surface area contributed by atoms with Gasteiger partial charge in [-0.2, -0.15) is 0 Å². The van der Waals surface area contributed by atoms with E-state index in [1.807, 2.05) is 0 Å². The summed E-state index contributed by atoms with van der Waals surface area (Å²) in [5, 5.41) is 2.18. The lowest BCUT2D eigenvalue weighted by molar-refractivity contribution is -0.135. The summed E-state index contributed by atoms with van der Waals surface area (Å²) >= 11 is 0. The SMILES string of the molecule is CC(=O)Oc1cc(/C=C/C(=O)Nc2ccc(S(F)(F)(F)(F)F)cc2)cc(OC(C)=O)c1OC(C)=O. The largest absolute Gasteiger partial charge is 0.423 e. The summed E-state index contributed by atoms with van der Waals surface area (Å²) in [6.07, 6.45) is 2.06. The third-order valence-electron chi connectivity index (χ3n) is 3.79. The van der Waals surface area contributed by atoms with Crippen molar-refractivity contribution in [1.29, 1.82) is 0 Å². The molecule has 2 aromatic rings. The highest BCUT2D eigenvalue weighted by Gasteiger charge is 2.65. The van der Waals surface area contributed by atoms with Gasteiger partial charge in [-0.25, -0.2) is 0 Å². The highest BCUT2D eigenvalue weighted by molar-refractivity contribution is 8.45. The van der Waals surface area contributed by atoms with Gasteiger partial charge in [0.25, 0.3) is 0 Å². The van der Waals surface area contributed by atoms with Crippen LogP contribution in [0.1, 0.15) is 26.3 Å². The molecule has 1 amide bonds. The number of hydrogen-bond donors (Lipinski definition) is 1. The van der Waals surface area contributed by atoms with Crippen molar-refractivity contribution in [3.63, 3.8) is 0 Å². The lowest BCUT2D eigenvalue weighted by Gasteiger charge is -2.40. The molecule has 1 N–H and O–H groups in total. The minimum atomic E-state index is -9.84. The van der Waals surface area contributed by atoms with Crippen molar-refractivity contribution in [2.75, 3.05) is 5.32 Å². The second-order valence-corrected chi connectivity index (χ2v) is 9.35. The molecule has 14 heteroatoms. The Balaban J connectivity index is 2.32. The number of esters is 3. The highest BCUT2D eigenvalue weighted by atomic mass is 32.5. The number of ether oxygens (including phenoxy) is 3. The van der Waals surface area contributed by atoms with Gasteiger partial charge in [0, 0.05) is 32.5 Å². The zero-order chi connectivity index (χ0) is 26.7. The molecular formula is C21H18F5NO7S. The van der Waals surface area contributed by atoms with Gasteiger partial charge < -0.3 is 19.5 Å². The van der Waals surface area contributed by atoms with E-state index in [9.17, 15) is 38.6 Å². The van der Waals surface area contributed by atoms with Crippen LogP contribution < -0.4 is 19.5 Å². The summed E-state index contributed by atoms with van der Waals surface area (Å²) < 4.78 is 78.8. The first-order chi connectivity index (χ1) is 15.8. The van der Waals surface area contributed by atoms with Gasteiger partial charge in [0.1, 0.15) is 4.90 Å². The maximum atomic E-state index is 12.8. The molecule has 0 atom stereocenters. The molecule has 0 aliphatic rings. The van der Waals surface area contributed by atoms with Gasteiger partial charge in [-0.1, -0.05) is 19.4 Å². The number of nitrogens with one attached hydrogen (secondary N) is 1. The van der Waals surface area contributed by atoms with Gasteiger partial charge in [-0.05, 0) is 48.0 Å². The fourth-order valence-electron chi connectivity index (χ4n) is 2.55. The Kier molecular flexibility index (Phi) is 7.03. The molecule has 0 fully saturated rings. The maximum Gasteiger partial charge on any atom is 0.310 e. The summed E-state index contributed by atoms with van der Waals surface area (Å²) in [4.78, 5) is 44.3. The van der Waals surface area contributed by atoms with Crippen molar-refractivity contribution in [2.24, 2.45) is 0 Å². The minimum Gasteiger partial charge on any atom is -0.423 e. The van der Waals surface area contributed by atoms with Crippen LogP contribution in [0.15, 0.2) is 47.4 Å². The van der Waals surface area contributed by atoms with E-state index in [2.05, 4.69) is 5.32 Å². The molecule has 0 saturated heterocycles. The first kappa shape index (κ1) is 27.3. The third kappa shape index (κ3) is 8.41. The van der Waals surface area contributed by atoms with Crippen LogP contribution in [0, 0.1) is 0 Å². The Labute approximate surface area is 195 Å². The van der Waals surface area contributed by atoms with E-state index in [0.717, 1.165) is 32.9 Å². The lowest BCUT2D eigenvalue weighted by Crippen LogP contribution is -2.11. The Bertz CT molecular complexity index is 1190. The van der Waals surface area contributed by atoms with E-state index in [4.69, 9.17) is 14.2 Å². The molecule has 0 aliphatic carbocycles. The fraction of sp³-hybridized carbons (Fsp3) is 0.143. The van der Waals surface area contributed by atoms with Crippen molar-refractivity contribution < 1.29 is 52.8 Å². The van der Waals surface area contributed by atoms with Gasteiger partial charge in [-0.15, -0.1) is 0 Å². The minimum absolute atomic E-state index is 0.125. The van der Waals surface area contributed by atoms with Crippen LogP contribution in [0.4, 0.5) is 25.1 Å². The van der Waals surface area contributed by atoms with Crippen LogP contribution in [-0.4, -0.2) is 23.8 Å². The Hall–Kier alpha value is -3.94. The van der Waals surface area contributed by atoms with Gasteiger partial charge in [0.05, 0.1) is 0 Å². The number of carbonyl (C=O) groups excluding carboxylic acids is 4. The molecule has 8 nitrogen and oxygen atoms in total. The van der Waals surface area contributed by atoms with E-state index < -0.39 is 38.9 Å². The van der Waals surface area contributed by atoms with Gasteiger partial charge >= 0.3 is 28.1 Å². The molecule has 35 heavy (non-hydrogen) atoms. The quantitative estimate of drug-likeness (QED) is 0.212. The first-order valence-corrected chi connectivity index (χ1v) is 11.4. The number of hydrogen-bond acceptors (Lipinski definition) is 7. The van der Waals surface area contributed by atoms with Crippen LogP contribution in [0.5, 0.6) is 17.2 Å². The van der Waals surface area contributed by atoms with Crippen LogP contribution in [0.25, 0.3) is 6.08 Å². The van der Waals surface area contributed by atoms with E-state index >= 15 is 0 Å². The molecule has 2 rings (SSSR count). The summed E-state index contributed by atoms with van der Waals surface area (Å²) in [5.74, 6) is -4.27. The van der Waals surface area contributed by atoms with Crippen molar-refractivity contribution in [2.45, 2.75) is 25.7 Å². The molecule has 0 saturated carbocycles. The summed E-state index contributed by atoms with van der Waals surface area (Å²) in [6, 6.07) is 3.96. The fourth-order valence-corrected chi connectivity index (χ4v) is 3.20. The Morgan fingerprint density at radius 2 is 1.23 bits per heavy atom. The average molecular weight is 523 g/mol. The van der Waals surface area contributed by atoms with Crippen LogP contribution in [0.2, 0.25) is 0 Å². The number of carbonyl (C=O) groups is 4. The molecule has 0 radical (unpaired) electrons. The topological polar surface area (TPSA) is 108 Å². The summed E-state index contributed by atoms with van der Waals surface area (Å²) in [5.41, 5.74) is -0.0727. The predicted molar refractivity (Wildman–Crippen MR) is 116 cm³/mol. The Morgan fingerprint density at radius 1 is 0.771 bits per heavy atom. The van der Waals surface area contributed by atoms with E-state index in [1.165, 1.54) is 12.1 Å². The number of rotatable bonds is 7. The monoisotopic (exact) mass is 523 g/mol. The van der Waals surface area contributed by atoms with Gasteiger partial charge in [-0.3, -0.25) is 19.2 Å². The second kappa shape index (κ2) is 9.02. The molecule has 0 bridgehead atoms. The molecule has 0 aliphatic heterocycles. The smallest absolute Gasteiger partial charge is 0.310 e. The van der Waals surface area contributed by atoms with Crippen molar-refractivity contribution in [1.82, 2.24) is 0 Å². The number of halogens is 5. The average Bonchev–Trinajstić information content (AvgIpc) is 2.66. The second-order valence-electron chi connectivity index (χ2n) is 6.94. The summed E-state index contributed by atoms with van der Waals surface area (Å²) in [6.45, 7) is 3.17. The van der Waals surface area contributed by atoms with Gasteiger partial charge in [0.15, 0.2) is 11.5 Å². The number of benzene rings is 2.